The average Bonchev–Trinajstić information content (AvgIpc) is 3.42. The molecule has 2 aliphatic carbocycles. The molecule has 6 rings (SSSR count). The number of fused-ring (bicyclic) bond motifs is 4. The van der Waals surface area contributed by atoms with Crippen LogP contribution in [0.2, 0.25) is 0 Å². The smallest absolute Gasteiger partial charge is 0.247 e. The maximum absolute atomic E-state index is 13.9. The normalized spacial score (nSPS) is 35.9. The number of aliphatic hydroxyl groups excluding tert-OH is 1. The van der Waals surface area contributed by atoms with Gasteiger partial charge in [-0.25, -0.2) is 4.90 Å². The Morgan fingerprint density at radius 1 is 0.972 bits per heavy atom. The van der Waals surface area contributed by atoms with Gasteiger partial charge in [0.25, 0.3) is 0 Å². The van der Waals surface area contributed by atoms with Crippen molar-refractivity contribution >= 4 is 11.6 Å². The molecular formula is C31H40N2O3. The summed E-state index contributed by atoms with van der Waals surface area (Å²) in [4.78, 5) is 17.7. The highest BCUT2D eigenvalue weighted by Gasteiger charge is 2.60. The van der Waals surface area contributed by atoms with Gasteiger partial charge in [0, 0.05) is 12.1 Å². The van der Waals surface area contributed by atoms with Gasteiger partial charge < -0.3 is 9.84 Å². The van der Waals surface area contributed by atoms with E-state index < -0.39 is 6.35 Å². The Morgan fingerprint density at radius 3 is 2.58 bits per heavy atom. The summed E-state index contributed by atoms with van der Waals surface area (Å²) >= 11 is 0. The monoisotopic (exact) mass is 488 g/mol. The van der Waals surface area contributed by atoms with E-state index in [-0.39, 0.29) is 18.0 Å². The van der Waals surface area contributed by atoms with E-state index in [9.17, 15) is 9.90 Å². The lowest BCUT2D eigenvalue weighted by Crippen LogP contribution is -2.55. The fourth-order valence-corrected chi connectivity index (χ4v) is 8.54. The molecule has 2 aromatic rings. The van der Waals surface area contributed by atoms with Crippen LogP contribution in [-0.2, 0) is 11.2 Å². The van der Waals surface area contributed by atoms with Gasteiger partial charge in [0.15, 0.2) is 6.35 Å². The quantitative estimate of drug-likeness (QED) is 0.586. The summed E-state index contributed by atoms with van der Waals surface area (Å²) in [5, 5.41) is 11.7. The summed E-state index contributed by atoms with van der Waals surface area (Å²) < 4.78 is 5.42. The third kappa shape index (κ3) is 3.95. The molecule has 8 unspecified atom stereocenters. The molecule has 1 N–H and O–H groups in total. The van der Waals surface area contributed by atoms with Crippen molar-refractivity contribution < 1.29 is 14.6 Å². The number of methoxy groups -OCH3 is 1. The number of nitrogens with zero attached hydrogens (tertiary/aromatic N) is 2. The number of hydrogen-bond donors (Lipinski definition) is 1. The predicted octanol–water partition coefficient (Wildman–Crippen LogP) is 5.47. The van der Waals surface area contributed by atoms with Crippen molar-refractivity contribution in [2.75, 3.05) is 12.0 Å². The highest BCUT2D eigenvalue weighted by molar-refractivity contribution is 6.00. The van der Waals surface area contributed by atoms with E-state index in [2.05, 4.69) is 42.2 Å². The van der Waals surface area contributed by atoms with E-state index in [0.717, 1.165) is 42.7 Å². The van der Waals surface area contributed by atoms with Gasteiger partial charge in [-0.3, -0.25) is 9.69 Å². The Morgan fingerprint density at radius 2 is 1.81 bits per heavy atom. The molecule has 0 radical (unpaired) electrons. The van der Waals surface area contributed by atoms with E-state index >= 15 is 0 Å². The lowest BCUT2D eigenvalue weighted by atomic mass is 9.68. The van der Waals surface area contributed by atoms with Gasteiger partial charge in [-0.1, -0.05) is 62.6 Å². The van der Waals surface area contributed by atoms with Gasteiger partial charge in [0.1, 0.15) is 5.75 Å². The van der Waals surface area contributed by atoms with Crippen LogP contribution in [0.3, 0.4) is 0 Å². The van der Waals surface area contributed by atoms with Crippen LogP contribution >= 0.6 is 0 Å². The average molecular weight is 489 g/mol. The summed E-state index contributed by atoms with van der Waals surface area (Å²) in [5.41, 5.74) is 2.05. The van der Waals surface area contributed by atoms with Crippen molar-refractivity contribution in [3.8, 4) is 5.75 Å². The molecule has 2 aromatic carbocycles. The largest absolute Gasteiger partial charge is 0.497 e. The molecular weight excluding hydrogens is 448 g/mol. The number of anilines is 1. The van der Waals surface area contributed by atoms with Gasteiger partial charge in [0.2, 0.25) is 5.91 Å². The van der Waals surface area contributed by atoms with Crippen LogP contribution < -0.4 is 9.64 Å². The number of carbonyl (C=O) groups is 1. The molecule has 1 amide bonds. The zero-order valence-corrected chi connectivity index (χ0v) is 21.6. The van der Waals surface area contributed by atoms with Gasteiger partial charge in [-0.2, -0.15) is 0 Å². The highest BCUT2D eigenvalue weighted by atomic mass is 16.5. The second-order valence-corrected chi connectivity index (χ2v) is 11.5. The van der Waals surface area contributed by atoms with Crippen molar-refractivity contribution in [3.63, 3.8) is 0 Å². The molecule has 4 aliphatic rings. The van der Waals surface area contributed by atoms with Crippen molar-refractivity contribution in [2.45, 2.75) is 76.7 Å². The minimum absolute atomic E-state index is 0.0465. The predicted molar refractivity (Wildman–Crippen MR) is 141 cm³/mol. The summed E-state index contributed by atoms with van der Waals surface area (Å²) in [5.74, 6) is 4.25. The van der Waals surface area contributed by atoms with Gasteiger partial charge >= 0.3 is 0 Å². The topological polar surface area (TPSA) is 53.0 Å². The summed E-state index contributed by atoms with van der Waals surface area (Å²) in [6.07, 6.45) is 8.46. The second-order valence-electron chi connectivity index (χ2n) is 11.5. The SMILES string of the molecule is CCC1CCCC2C1CC1C2CC2C(=O)N(c3cccc(OC)c3)C(O)N2C1CCc1ccccc1. The number of rotatable bonds is 6. The molecule has 2 heterocycles. The first-order valence-electron chi connectivity index (χ1n) is 14.1. The number of hydrogen-bond acceptors (Lipinski definition) is 4. The maximum Gasteiger partial charge on any atom is 0.247 e. The number of aliphatic hydroxyl groups is 1. The third-order valence-electron chi connectivity index (χ3n) is 10.1. The molecule has 2 saturated heterocycles. The molecule has 8 atom stereocenters. The maximum atomic E-state index is 13.9. The first-order chi connectivity index (χ1) is 17.6. The standard InChI is InChI=1S/C31H40N2O3/c1-3-21-11-7-14-24-25(21)18-27-26(24)19-29-30(34)32(22-12-8-13-23(17-22)36-2)31(35)33(29)28(27)16-15-20-9-5-4-6-10-20/h4-6,8-10,12-13,17,21,24-29,31,35H,3,7,11,14-16,18-19H2,1-2H3. The summed E-state index contributed by atoms with van der Waals surface area (Å²) in [6, 6.07) is 18.2. The van der Waals surface area contributed by atoms with E-state index in [1.807, 2.05) is 24.3 Å². The molecule has 36 heavy (non-hydrogen) atoms. The fraction of sp³-hybridized carbons (Fsp3) is 0.581. The lowest BCUT2D eigenvalue weighted by molar-refractivity contribution is -0.124. The Labute approximate surface area is 215 Å². The molecule has 5 heteroatoms. The molecule has 0 aromatic heterocycles. The lowest BCUT2D eigenvalue weighted by Gasteiger charge is -2.46. The Hall–Kier alpha value is -2.37. The fourth-order valence-electron chi connectivity index (χ4n) is 8.54. The number of ether oxygens (including phenoxy) is 1. The number of benzene rings is 2. The molecule has 5 nitrogen and oxygen atoms in total. The zero-order valence-electron chi connectivity index (χ0n) is 21.6. The van der Waals surface area contributed by atoms with E-state index in [1.165, 1.54) is 37.7 Å². The van der Waals surface area contributed by atoms with Crippen LogP contribution in [-0.4, -0.2) is 41.5 Å². The van der Waals surface area contributed by atoms with Crippen LogP contribution in [0.15, 0.2) is 54.6 Å². The number of aryl methyl sites for hydroxylation is 1. The van der Waals surface area contributed by atoms with Crippen LogP contribution in [0.25, 0.3) is 0 Å². The molecule has 0 bridgehead atoms. The summed E-state index contributed by atoms with van der Waals surface area (Å²) in [7, 11) is 1.63. The van der Waals surface area contributed by atoms with Crippen LogP contribution in [0.4, 0.5) is 5.69 Å². The van der Waals surface area contributed by atoms with Gasteiger partial charge in [-0.05, 0) is 79.4 Å². The van der Waals surface area contributed by atoms with Crippen molar-refractivity contribution in [2.24, 2.45) is 29.6 Å². The third-order valence-corrected chi connectivity index (χ3v) is 10.1. The van der Waals surface area contributed by atoms with Gasteiger partial charge in [0.05, 0.1) is 18.8 Å². The van der Waals surface area contributed by atoms with Crippen molar-refractivity contribution in [1.29, 1.82) is 0 Å². The Bertz CT molecular complexity index is 1070. The minimum Gasteiger partial charge on any atom is -0.497 e. The first kappa shape index (κ1) is 24.0. The van der Waals surface area contributed by atoms with Crippen LogP contribution in [0.5, 0.6) is 5.75 Å². The van der Waals surface area contributed by atoms with Crippen LogP contribution in [0.1, 0.15) is 57.4 Å². The minimum atomic E-state index is -0.930. The highest BCUT2D eigenvalue weighted by Crippen LogP contribution is 2.58. The second kappa shape index (κ2) is 9.83. The zero-order chi connectivity index (χ0) is 24.8. The van der Waals surface area contributed by atoms with Crippen molar-refractivity contribution in [3.05, 3.63) is 60.2 Å². The number of piperidine rings is 1. The van der Waals surface area contributed by atoms with Gasteiger partial charge in [-0.15, -0.1) is 0 Å². The Balaban J connectivity index is 1.34. The van der Waals surface area contributed by atoms with E-state index in [0.29, 0.717) is 17.6 Å². The van der Waals surface area contributed by atoms with E-state index in [1.54, 1.807) is 12.0 Å². The number of amides is 1. The van der Waals surface area contributed by atoms with Crippen molar-refractivity contribution in [1.82, 2.24) is 4.90 Å². The molecule has 2 saturated carbocycles. The molecule has 2 aliphatic heterocycles. The first-order valence-corrected chi connectivity index (χ1v) is 14.1. The summed E-state index contributed by atoms with van der Waals surface area (Å²) in [6.45, 7) is 2.36. The molecule has 4 fully saturated rings. The van der Waals surface area contributed by atoms with Crippen LogP contribution in [0, 0.1) is 29.6 Å². The van der Waals surface area contributed by atoms with E-state index in [4.69, 9.17) is 4.74 Å². The Kier molecular flexibility index (Phi) is 6.55. The molecule has 0 spiro atoms. The number of carbonyl (C=O) groups excluding carboxylic acids is 1. The molecule has 192 valence electrons.